The van der Waals surface area contributed by atoms with Crippen LogP contribution in [0.3, 0.4) is 0 Å². The third kappa shape index (κ3) is 15.3. The molecule has 0 aliphatic heterocycles. The van der Waals surface area contributed by atoms with Gasteiger partial charge in [-0.05, 0) is 23.7 Å². The van der Waals surface area contributed by atoms with Gasteiger partial charge in [0.05, 0.1) is 0 Å². The summed E-state index contributed by atoms with van der Waals surface area (Å²) in [5, 5.41) is 0. The molecule has 0 aromatic heterocycles. The van der Waals surface area contributed by atoms with E-state index in [0.29, 0.717) is 12.3 Å². The maximum absolute atomic E-state index is 11.4. The first-order valence-electron chi connectivity index (χ1n) is 10.1. The summed E-state index contributed by atoms with van der Waals surface area (Å²) in [6.45, 7) is 11.5. The lowest BCUT2D eigenvalue weighted by Gasteiger charge is -2.16. The molecule has 0 rings (SSSR count). The van der Waals surface area contributed by atoms with Crippen LogP contribution in [0.15, 0.2) is 0 Å². The molecule has 3 atom stereocenters. The second kappa shape index (κ2) is 15.0. The van der Waals surface area contributed by atoms with E-state index in [0.717, 1.165) is 24.2 Å². The Balaban J connectivity index is 3.58. The Hall–Kier alpha value is -0.240. The second-order valence-corrected chi connectivity index (χ2v) is 8.55. The van der Waals surface area contributed by atoms with Gasteiger partial charge in [0.2, 0.25) is 0 Å². The van der Waals surface area contributed by atoms with Gasteiger partial charge in [0.1, 0.15) is 0 Å². The predicted octanol–water partition coefficient (Wildman–Crippen LogP) is 7.19. The zero-order valence-electron chi connectivity index (χ0n) is 16.8. The average Bonchev–Trinajstić information content (AvgIpc) is 2.46. The van der Waals surface area contributed by atoms with Gasteiger partial charge < -0.3 is 4.74 Å². The quantitative estimate of drug-likeness (QED) is 0.228. The van der Waals surface area contributed by atoms with Gasteiger partial charge in [-0.2, -0.15) is 0 Å². The van der Waals surface area contributed by atoms with E-state index in [4.69, 9.17) is 16.3 Å². The van der Waals surface area contributed by atoms with Crippen molar-refractivity contribution in [2.24, 2.45) is 23.7 Å². The van der Waals surface area contributed by atoms with Crippen molar-refractivity contribution in [3.63, 3.8) is 0 Å². The van der Waals surface area contributed by atoms with Crippen molar-refractivity contribution in [1.82, 2.24) is 0 Å². The molecular formula is C21H41ClO2. The van der Waals surface area contributed by atoms with E-state index in [1.54, 1.807) is 0 Å². The van der Waals surface area contributed by atoms with E-state index in [-0.39, 0.29) is 12.0 Å². The molecule has 144 valence electrons. The van der Waals surface area contributed by atoms with Gasteiger partial charge >= 0.3 is 5.97 Å². The van der Waals surface area contributed by atoms with E-state index < -0.39 is 0 Å². The molecule has 0 N–H and O–H groups in total. The monoisotopic (exact) mass is 360 g/mol. The van der Waals surface area contributed by atoms with Crippen molar-refractivity contribution in [3.8, 4) is 0 Å². The highest BCUT2D eigenvalue weighted by atomic mass is 35.5. The fourth-order valence-corrected chi connectivity index (χ4v) is 3.42. The molecule has 0 bridgehead atoms. The number of hydrogen-bond acceptors (Lipinski definition) is 2. The second-order valence-electron chi connectivity index (χ2n) is 8.33. The summed E-state index contributed by atoms with van der Waals surface area (Å²) in [6, 6.07) is -0.0293. The molecule has 3 heteroatoms. The third-order valence-corrected chi connectivity index (χ3v) is 5.11. The van der Waals surface area contributed by atoms with Crippen molar-refractivity contribution in [1.29, 1.82) is 0 Å². The SMILES string of the molecule is CC(C)CCC[C@@H](C)CCCC(C)CCCC(C)CC(=O)OCCl. The largest absolute Gasteiger partial charge is 0.449 e. The van der Waals surface area contributed by atoms with Crippen LogP contribution in [0.25, 0.3) is 0 Å². The minimum Gasteiger partial charge on any atom is -0.449 e. The van der Waals surface area contributed by atoms with E-state index >= 15 is 0 Å². The van der Waals surface area contributed by atoms with Crippen molar-refractivity contribution < 1.29 is 9.53 Å². The molecule has 0 aliphatic carbocycles. The van der Waals surface area contributed by atoms with Crippen LogP contribution in [0.5, 0.6) is 0 Å². The molecule has 0 aliphatic rings. The lowest BCUT2D eigenvalue weighted by Crippen LogP contribution is -2.09. The van der Waals surface area contributed by atoms with E-state index in [1.165, 1.54) is 51.4 Å². The molecule has 0 heterocycles. The molecule has 0 saturated carbocycles. The van der Waals surface area contributed by atoms with Gasteiger partial charge in [0, 0.05) is 6.42 Å². The van der Waals surface area contributed by atoms with Gasteiger partial charge in [0.15, 0.2) is 6.07 Å². The van der Waals surface area contributed by atoms with Crippen LogP contribution in [-0.4, -0.2) is 12.0 Å². The molecule has 0 aromatic carbocycles. The number of ether oxygens (including phenoxy) is 1. The maximum Gasteiger partial charge on any atom is 0.307 e. The fraction of sp³-hybridized carbons (Fsp3) is 0.952. The number of rotatable bonds is 15. The molecular weight excluding hydrogens is 320 g/mol. The summed E-state index contributed by atoms with van der Waals surface area (Å²) in [5.41, 5.74) is 0. The molecule has 0 fully saturated rings. The topological polar surface area (TPSA) is 26.3 Å². The normalized spacial score (nSPS) is 15.3. The Labute approximate surface area is 156 Å². The first-order chi connectivity index (χ1) is 11.3. The van der Waals surface area contributed by atoms with Crippen LogP contribution >= 0.6 is 11.6 Å². The van der Waals surface area contributed by atoms with Crippen LogP contribution < -0.4 is 0 Å². The zero-order valence-corrected chi connectivity index (χ0v) is 17.5. The standard InChI is InChI=1S/C21H41ClO2/c1-17(2)9-6-10-18(3)11-7-12-19(4)13-8-14-20(5)15-21(23)24-16-22/h17-20H,6-16H2,1-5H3/t18-,19?,20?/m1/s1. The predicted molar refractivity (Wildman–Crippen MR) is 105 cm³/mol. The van der Waals surface area contributed by atoms with E-state index in [2.05, 4.69) is 34.6 Å². The Kier molecular flexibility index (Phi) is 14.9. The highest BCUT2D eigenvalue weighted by Gasteiger charge is 2.11. The summed E-state index contributed by atoms with van der Waals surface area (Å²) < 4.78 is 4.78. The molecule has 24 heavy (non-hydrogen) atoms. The number of hydrogen-bond donors (Lipinski definition) is 0. The number of alkyl halides is 1. The first-order valence-corrected chi connectivity index (χ1v) is 10.6. The summed E-state index contributed by atoms with van der Waals surface area (Å²) in [5.74, 6) is 2.75. The van der Waals surface area contributed by atoms with Crippen LogP contribution in [0.2, 0.25) is 0 Å². The Morgan fingerprint density at radius 3 is 1.58 bits per heavy atom. The number of esters is 1. The Morgan fingerprint density at radius 1 is 0.750 bits per heavy atom. The van der Waals surface area contributed by atoms with Gasteiger partial charge in [-0.1, -0.05) is 104 Å². The molecule has 0 aromatic rings. The van der Waals surface area contributed by atoms with Gasteiger partial charge in [0.25, 0.3) is 0 Å². The maximum atomic E-state index is 11.4. The van der Waals surface area contributed by atoms with Gasteiger partial charge in [-0.3, -0.25) is 4.79 Å². The Bertz CT molecular complexity index is 304. The van der Waals surface area contributed by atoms with Crippen molar-refractivity contribution >= 4 is 17.6 Å². The molecule has 2 nitrogen and oxygen atoms in total. The number of halogens is 1. The molecule has 0 spiro atoms. The van der Waals surface area contributed by atoms with Crippen molar-refractivity contribution in [2.75, 3.05) is 6.07 Å². The average molecular weight is 361 g/mol. The van der Waals surface area contributed by atoms with Gasteiger partial charge in [-0.25, -0.2) is 0 Å². The molecule has 0 radical (unpaired) electrons. The number of carbonyl (C=O) groups is 1. The Morgan fingerprint density at radius 2 is 1.17 bits per heavy atom. The smallest absolute Gasteiger partial charge is 0.307 e. The summed E-state index contributed by atoms with van der Waals surface area (Å²) in [7, 11) is 0. The van der Waals surface area contributed by atoms with Crippen molar-refractivity contribution in [2.45, 2.75) is 98.8 Å². The molecule has 2 unspecified atom stereocenters. The van der Waals surface area contributed by atoms with Crippen LogP contribution in [0, 0.1) is 23.7 Å². The highest BCUT2D eigenvalue weighted by Crippen LogP contribution is 2.22. The highest BCUT2D eigenvalue weighted by molar-refractivity contribution is 6.17. The minimum absolute atomic E-state index is 0.0293. The molecule has 0 saturated heterocycles. The molecule has 0 amide bonds. The summed E-state index contributed by atoms with van der Waals surface area (Å²) in [6.07, 6.45) is 12.3. The van der Waals surface area contributed by atoms with Crippen LogP contribution in [0.1, 0.15) is 98.8 Å². The fourth-order valence-electron chi connectivity index (χ4n) is 3.30. The van der Waals surface area contributed by atoms with E-state index in [1.807, 2.05) is 0 Å². The lowest BCUT2D eigenvalue weighted by atomic mass is 9.91. The summed E-state index contributed by atoms with van der Waals surface area (Å²) >= 11 is 5.40. The van der Waals surface area contributed by atoms with Gasteiger partial charge in [-0.15, -0.1) is 0 Å². The van der Waals surface area contributed by atoms with Crippen molar-refractivity contribution in [3.05, 3.63) is 0 Å². The number of carbonyl (C=O) groups excluding carboxylic acids is 1. The summed E-state index contributed by atoms with van der Waals surface area (Å²) in [4.78, 5) is 11.4. The third-order valence-electron chi connectivity index (χ3n) is 5.00. The minimum atomic E-state index is -0.169. The van der Waals surface area contributed by atoms with Crippen LogP contribution in [0.4, 0.5) is 0 Å². The van der Waals surface area contributed by atoms with Crippen LogP contribution in [-0.2, 0) is 9.53 Å². The van der Waals surface area contributed by atoms with E-state index in [9.17, 15) is 4.79 Å². The zero-order chi connectivity index (χ0) is 18.4. The lowest BCUT2D eigenvalue weighted by molar-refractivity contribution is -0.142. The first kappa shape index (κ1) is 23.8.